The van der Waals surface area contributed by atoms with E-state index in [-0.39, 0.29) is 0 Å². The van der Waals surface area contributed by atoms with Crippen molar-refractivity contribution in [3.8, 4) is 0 Å². The van der Waals surface area contributed by atoms with E-state index in [1.165, 1.54) is 0 Å². The topological polar surface area (TPSA) is 12.4 Å². The molecular formula is CH3Br3NV. The predicted molar refractivity (Wildman–Crippen MR) is 35.1 cm³/mol. The zero-order chi connectivity index (χ0) is 5.21. The summed E-state index contributed by atoms with van der Waals surface area (Å²) in [6.07, 6.45) is 0. The van der Waals surface area contributed by atoms with Gasteiger partial charge in [0.05, 0.1) is 0 Å². The molecular weight excluding hydrogens is 317 g/mol. The van der Waals surface area contributed by atoms with E-state index in [2.05, 4.69) is 45.2 Å². The van der Waals surface area contributed by atoms with Gasteiger partial charge in [0.25, 0.3) is 0 Å². The van der Waals surface area contributed by atoms with E-state index in [0.717, 1.165) is 0 Å². The van der Waals surface area contributed by atoms with E-state index in [1.54, 1.807) is 7.05 Å². The molecule has 0 N–H and O–H groups in total. The fourth-order valence-corrected chi connectivity index (χ4v) is 0. The third kappa shape index (κ3) is 5.82. The standard InChI is InChI=1S/CH3N.3BrH.V/c1-2;;;;/h1H3;3*1H;/q;;;;+3/p-3. The van der Waals surface area contributed by atoms with E-state index in [1.807, 2.05) is 0 Å². The van der Waals surface area contributed by atoms with Crippen LogP contribution in [0.25, 0.3) is 0 Å². The third-order valence-corrected chi connectivity index (χ3v) is 4.86. The van der Waals surface area contributed by atoms with Crippen molar-refractivity contribution >= 4 is 41.4 Å². The summed E-state index contributed by atoms with van der Waals surface area (Å²) >= 11 is 9.95. The Balaban J connectivity index is 3.79. The molecule has 0 spiro atoms. The average molecular weight is 320 g/mol. The van der Waals surface area contributed by atoms with Crippen molar-refractivity contribution in [1.82, 2.24) is 0 Å². The second-order valence-electron chi connectivity index (χ2n) is 0.618. The van der Waals surface area contributed by atoms with E-state index in [0.29, 0.717) is 0 Å². The molecule has 0 rings (SSSR count). The first kappa shape index (κ1) is 7.82. The molecule has 0 atom stereocenters. The van der Waals surface area contributed by atoms with E-state index in [4.69, 9.17) is 0 Å². The van der Waals surface area contributed by atoms with Crippen LogP contribution in [0.3, 0.4) is 0 Å². The van der Waals surface area contributed by atoms with Gasteiger partial charge in [-0.05, 0) is 0 Å². The molecule has 1 nitrogen and oxygen atoms in total. The molecule has 0 saturated carbocycles. The maximum atomic E-state index is 3.94. The number of hydrogen-bond acceptors (Lipinski definition) is 1. The molecule has 0 unspecified atom stereocenters. The Morgan fingerprint density at radius 2 is 1.50 bits per heavy atom. The summed E-state index contributed by atoms with van der Waals surface area (Å²) < 4.78 is 3.94. The van der Waals surface area contributed by atoms with Crippen molar-refractivity contribution in [2.45, 2.75) is 0 Å². The Bertz CT molecular complexity index is 74.5. The molecule has 0 aromatic carbocycles. The molecule has 0 saturated heterocycles. The molecule has 0 aliphatic heterocycles. The summed E-state index contributed by atoms with van der Waals surface area (Å²) in [7, 11) is -0.0781. The van der Waals surface area contributed by atoms with Crippen LogP contribution in [0.4, 0.5) is 0 Å². The van der Waals surface area contributed by atoms with Crippen LogP contribution < -0.4 is 0 Å². The van der Waals surface area contributed by atoms with Gasteiger partial charge in [-0.15, -0.1) is 0 Å². The van der Waals surface area contributed by atoms with Crippen LogP contribution in [-0.4, -0.2) is 7.05 Å². The first-order valence-electron chi connectivity index (χ1n) is 1.15. The van der Waals surface area contributed by atoms with Crippen molar-refractivity contribution in [2.75, 3.05) is 7.05 Å². The molecule has 0 aromatic heterocycles. The first-order valence-corrected chi connectivity index (χ1v) is 12.1. The van der Waals surface area contributed by atoms with Crippen LogP contribution in [0.15, 0.2) is 3.79 Å². The molecule has 0 aliphatic carbocycles. The van der Waals surface area contributed by atoms with E-state index < -0.39 is 8.14 Å². The Kier molecular flexibility index (Phi) is 3.88. The SMILES string of the molecule is C[N]=[V]([Br])([Br])[Br]. The van der Waals surface area contributed by atoms with Gasteiger partial charge in [-0.25, -0.2) is 0 Å². The van der Waals surface area contributed by atoms with Crippen molar-refractivity contribution < 1.29 is 8.14 Å². The van der Waals surface area contributed by atoms with Crippen molar-refractivity contribution in [3.05, 3.63) is 0 Å². The zero-order valence-electron chi connectivity index (χ0n) is 3.03. The second-order valence-corrected chi connectivity index (χ2v) is 27.0. The van der Waals surface area contributed by atoms with Gasteiger partial charge in [-0.3, -0.25) is 0 Å². The van der Waals surface area contributed by atoms with Crippen LogP contribution in [0.1, 0.15) is 0 Å². The van der Waals surface area contributed by atoms with Gasteiger partial charge in [-0.2, -0.15) is 0 Å². The van der Waals surface area contributed by atoms with Crippen LogP contribution in [0.2, 0.25) is 0 Å². The number of nitrogens with zero attached hydrogens (tertiary/aromatic N) is 1. The molecule has 0 fully saturated rings. The summed E-state index contributed by atoms with van der Waals surface area (Å²) in [5, 5.41) is 0. The minimum absolute atomic E-state index is 1.77. The molecule has 38 valence electrons. The molecule has 6 heavy (non-hydrogen) atoms. The van der Waals surface area contributed by atoms with Crippen LogP contribution >= 0.6 is 41.4 Å². The molecule has 5 heteroatoms. The Morgan fingerprint density at radius 3 is 1.50 bits per heavy atom. The van der Waals surface area contributed by atoms with E-state index in [9.17, 15) is 0 Å². The molecule has 0 aliphatic rings. The zero-order valence-corrected chi connectivity index (χ0v) is 9.18. The van der Waals surface area contributed by atoms with Crippen molar-refractivity contribution in [2.24, 2.45) is 3.79 Å². The summed E-state index contributed by atoms with van der Waals surface area (Å²) in [6, 6.07) is 0. The normalized spacial score (nSPS) is 11.3. The van der Waals surface area contributed by atoms with Gasteiger partial charge >= 0.3 is 60.4 Å². The molecule has 0 amide bonds. The Morgan fingerprint density at radius 1 is 1.33 bits per heavy atom. The Hall–Kier alpha value is 1.82. The Labute approximate surface area is 59.8 Å². The second kappa shape index (κ2) is 2.97. The van der Waals surface area contributed by atoms with Crippen molar-refractivity contribution in [1.29, 1.82) is 0 Å². The summed E-state index contributed by atoms with van der Waals surface area (Å²) in [5.41, 5.74) is 0. The number of hydrogen-bond donors (Lipinski definition) is 0. The van der Waals surface area contributed by atoms with Gasteiger partial charge in [0, 0.05) is 0 Å². The molecule has 0 aromatic rings. The predicted octanol–water partition coefficient (Wildman–Crippen LogP) is 2.88. The maximum absolute atomic E-state index is 3.94. The monoisotopic (exact) mass is 317 g/mol. The quantitative estimate of drug-likeness (QED) is 0.651. The molecule has 0 radical (unpaired) electrons. The van der Waals surface area contributed by atoms with Crippen LogP contribution in [0.5, 0.6) is 0 Å². The molecule has 0 bridgehead atoms. The average Bonchev–Trinajstić information content (AvgIpc) is 1.35. The number of halogens is 3. The van der Waals surface area contributed by atoms with E-state index >= 15 is 0 Å². The van der Waals surface area contributed by atoms with Crippen LogP contribution in [-0.2, 0) is 8.14 Å². The summed E-state index contributed by atoms with van der Waals surface area (Å²) in [5.74, 6) is 0. The number of rotatable bonds is 0. The van der Waals surface area contributed by atoms with Gasteiger partial charge in [-0.1, -0.05) is 0 Å². The summed E-state index contributed by atoms with van der Waals surface area (Å²) in [6.45, 7) is 0. The van der Waals surface area contributed by atoms with Crippen molar-refractivity contribution in [3.63, 3.8) is 0 Å². The fraction of sp³-hybridized carbons (Fsp3) is 1.00. The fourth-order valence-electron chi connectivity index (χ4n) is 0. The first-order chi connectivity index (χ1) is 2.56. The van der Waals surface area contributed by atoms with Gasteiger partial charge in [0.1, 0.15) is 0 Å². The van der Waals surface area contributed by atoms with Crippen LogP contribution in [0, 0.1) is 0 Å². The molecule has 0 heterocycles. The minimum atomic E-state index is -1.85. The van der Waals surface area contributed by atoms with Gasteiger partial charge in [0.2, 0.25) is 0 Å². The summed E-state index contributed by atoms with van der Waals surface area (Å²) in [4.78, 5) is 0. The van der Waals surface area contributed by atoms with Gasteiger partial charge in [0.15, 0.2) is 0 Å². The van der Waals surface area contributed by atoms with Gasteiger partial charge < -0.3 is 0 Å². The third-order valence-electron chi connectivity index (χ3n) is 0.227.